The van der Waals surface area contributed by atoms with Crippen molar-refractivity contribution >= 4 is 46.6 Å². The van der Waals surface area contributed by atoms with Crippen molar-refractivity contribution in [3.05, 3.63) is 75.3 Å². The first-order valence-corrected chi connectivity index (χ1v) is 10.9. The monoisotopic (exact) mass is 452 g/mol. The molecule has 8 heteroatoms. The van der Waals surface area contributed by atoms with E-state index in [1.54, 1.807) is 25.1 Å². The van der Waals surface area contributed by atoms with Gasteiger partial charge in [0.25, 0.3) is 0 Å². The second kappa shape index (κ2) is 9.82. The van der Waals surface area contributed by atoms with Crippen LogP contribution >= 0.6 is 23.4 Å². The Morgan fingerprint density at radius 2 is 1.87 bits per heavy atom. The van der Waals surface area contributed by atoms with Crippen LogP contribution in [0.4, 0.5) is 5.69 Å². The zero-order chi connectivity index (χ0) is 22.5. The number of primary amides is 1. The predicted octanol–water partition coefficient (Wildman–Crippen LogP) is 4.42. The van der Waals surface area contributed by atoms with E-state index in [0.717, 1.165) is 17.3 Å². The lowest BCUT2D eigenvalue weighted by atomic mass is 9.76. The van der Waals surface area contributed by atoms with Gasteiger partial charge in [-0.25, -0.2) is 4.99 Å². The Balaban J connectivity index is 2.09. The van der Waals surface area contributed by atoms with Crippen LogP contribution in [0, 0.1) is 24.2 Å². The number of nitrogens with one attached hydrogen (secondary N) is 1. The van der Waals surface area contributed by atoms with Gasteiger partial charge in [0, 0.05) is 22.3 Å². The molecule has 0 bridgehead atoms. The van der Waals surface area contributed by atoms with E-state index in [-0.39, 0.29) is 17.2 Å². The van der Waals surface area contributed by atoms with Gasteiger partial charge in [0.05, 0.1) is 23.3 Å². The maximum atomic E-state index is 13.4. The number of halogens is 1. The van der Waals surface area contributed by atoms with Crippen molar-refractivity contribution < 1.29 is 9.59 Å². The van der Waals surface area contributed by atoms with E-state index in [1.807, 2.05) is 37.3 Å². The van der Waals surface area contributed by atoms with E-state index < -0.39 is 17.7 Å². The molecule has 0 aromatic heterocycles. The normalized spacial score (nSPS) is 18.2. The molecule has 1 unspecified atom stereocenters. The minimum atomic E-state index is -0.743. The van der Waals surface area contributed by atoms with Crippen molar-refractivity contribution in [2.75, 3.05) is 11.1 Å². The summed E-state index contributed by atoms with van der Waals surface area (Å²) in [5.74, 6) is -2.21. The smallest absolute Gasteiger partial charge is 0.234 e. The highest BCUT2D eigenvalue weighted by Crippen LogP contribution is 2.44. The predicted molar refractivity (Wildman–Crippen MR) is 125 cm³/mol. The van der Waals surface area contributed by atoms with Crippen molar-refractivity contribution in [1.29, 1.82) is 5.26 Å². The van der Waals surface area contributed by atoms with E-state index in [1.165, 1.54) is 0 Å². The highest BCUT2D eigenvalue weighted by molar-refractivity contribution is 8.03. The van der Waals surface area contributed by atoms with Crippen molar-refractivity contribution in [2.24, 2.45) is 16.6 Å². The molecule has 3 N–H and O–H groups in total. The van der Waals surface area contributed by atoms with Gasteiger partial charge < -0.3 is 11.1 Å². The molecule has 2 aromatic rings. The molecule has 2 aromatic carbocycles. The van der Waals surface area contributed by atoms with Crippen LogP contribution in [0.25, 0.3) is 0 Å². The largest absolute Gasteiger partial charge is 0.369 e. The van der Waals surface area contributed by atoms with E-state index in [2.05, 4.69) is 16.4 Å². The molecule has 3 rings (SSSR count). The lowest BCUT2D eigenvalue weighted by Crippen LogP contribution is -2.36. The van der Waals surface area contributed by atoms with Gasteiger partial charge in [0.1, 0.15) is 5.03 Å². The van der Waals surface area contributed by atoms with Crippen molar-refractivity contribution in [3.8, 4) is 6.07 Å². The van der Waals surface area contributed by atoms with Crippen LogP contribution in [0.1, 0.15) is 24.0 Å². The van der Waals surface area contributed by atoms with Crippen LogP contribution in [0.2, 0.25) is 5.02 Å². The molecule has 0 fully saturated rings. The average molecular weight is 453 g/mol. The van der Waals surface area contributed by atoms with Crippen molar-refractivity contribution in [3.63, 3.8) is 0 Å². The number of hydrogen-bond acceptors (Lipinski definition) is 5. The van der Waals surface area contributed by atoms with Crippen LogP contribution in [0.5, 0.6) is 0 Å². The average Bonchev–Trinajstić information content (AvgIpc) is 2.73. The fourth-order valence-corrected chi connectivity index (χ4v) is 4.59. The number of amides is 2. The first-order chi connectivity index (χ1) is 14.8. The summed E-state index contributed by atoms with van der Waals surface area (Å²) >= 11 is 7.56. The van der Waals surface area contributed by atoms with Crippen molar-refractivity contribution in [2.45, 2.75) is 19.8 Å². The summed E-state index contributed by atoms with van der Waals surface area (Å²) < 4.78 is 0. The molecule has 0 saturated heterocycles. The Hall–Kier alpha value is -3.08. The van der Waals surface area contributed by atoms with Crippen LogP contribution in [-0.2, 0) is 9.59 Å². The van der Waals surface area contributed by atoms with E-state index in [9.17, 15) is 14.9 Å². The quantitative estimate of drug-likeness (QED) is 0.676. The molecule has 1 heterocycles. The van der Waals surface area contributed by atoms with Crippen molar-refractivity contribution in [1.82, 2.24) is 0 Å². The number of benzene rings is 2. The number of anilines is 1. The molecular formula is C23H21ClN4O2S. The van der Waals surface area contributed by atoms with E-state index in [0.29, 0.717) is 27.0 Å². The zero-order valence-electron chi connectivity index (χ0n) is 17.1. The molecule has 6 nitrogen and oxygen atoms in total. The third-order valence-electron chi connectivity index (χ3n) is 5.00. The maximum Gasteiger partial charge on any atom is 0.234 e. The van der Waals surface area contributed by atoms with Crippen LogP contribution in [0.15, 0.2) is 64.1 Å². The first kappa shape index (κ1) is 22.6. The highest BCUT2D eigenvalue weighted by Gasteiger charge is 2.40. The Morgan fingerprint density at radius 1 is 1.19 bits per heavy atom. The number of aryl methyl sites for hydroxylation is 1. The number of para-hydroxylation sites is 1. The molecule has 0 radical (unpaired) electrons. The van der Waals surface area contributed by atoms with Crippen LogP contribution in [-0.4, -0.2) is 23.3 Å². The molecule has 0 saturated carbocycles. The number of thioether (sulfide) groups is 1. The second-order valence-electron chi connectivity index (χ2n) is 7.12. The summed E-state index contributed by atoms with van der Waals surface area (Å²) in [5, 5.41) is 13.8. The molecule has 0 spiro atoms. The van der Waals surface area contributed by atoms with Gasteiger partial charge >= 0.3 is 0 Å². The fourth-order valence-electron chi connectivity index (χ4n) is 3.52. The molecular weight excluding hydrogens is 432 g/mol. The lowest BCUT2D eigenvalue weighted by molar-refractivity contribution is -0.118. The molecule has 158 valence electrons. The Kier molecular flexibility index (Phi) is 7.16. The molecule has 1 aliphatic heterocycles. The van der Waals surface area contributed by atoms with Crippen LogP contribution in [0.3, 0.4) is 0 Å². The summed E-state index contributed by atoms with van der Waals surface area (Å²) in [5.41, 5.74) is 8.35. The van der Waals surface area contributed by atoms with Gasteiger partial charge in [-0.2, -0.15) is 5.26 Å². The summed E-state index contributed by atoms with van der Waals surface area (Å²) in [6.45, 7) is 3.65. The number of nitrogens with two attached hydrogens (primary N) is 1. The van der Waals surface area contributed by atoms with E-state index in [4.69, 9.17) is 17.3 Å². The number of nitriles is 1. The minimum Gasteiger partial charge on any atom is -0.369 e. The number of rotatable bonds is 6. The number of nitrogens with zero attached hydrogens (tertiary/aromatic N) is 2. The summed E-state index contributed by atoms with van der Waals surface area (Å²) in [4.78, 5) is 29.2. The summed E-state index contributed by atoms with van der Waals surface area (Å²) in [7, 11) is 0. The van der Waals surface area contributed by atoms with Gasteiger partial charge in [-0.3, -0.25) is 9.59 Å². The minimum absolute atomic E-state index is 0.0212. The zero-order valence-corrected chi connectivity index (χ0v) is 18.6. The Labute approximate surface area is 190 Å². The second-order valence-corrected chi connectivity index (χ2v) is 8.49. The Bertz CT molecular complexity index is 1140. The molecule has 0 aliphatic carbocycles. The first-order valence-electron chi connectivity index (χ1n) is 9.55. The van der Waals surface area contributed by atoms with Crippen LogP contribution < -0.4 is 11.1 Å². The molecule has 1 aliphatic rings. The van der Waals surface area contributed by atoms with Gasteiger partial charge in [0.15, 0.2) is 0 Å². The number of aliphatic imine (C=N–C) groups is 1. The molecule has 2 atom stereocenters. The number of allylic oxidation sites excluding steroid dienone is 1. The van der Waals surface area contributed by atoms with Gasteiger partial charge in [-0.05, 0) is 37.1 Å². The number of carbonyl (C=O) groups excluding carboxylic acids is 2. The molecule has 2 amide bonds. The van der Waals surface area contributed by atoms with E-state index >= 15 is 0 Å². The third kappa shape index (κ3) is 4.98. The summed E-state index contributed by atoms with van der Waals surface area (Å²) in [6.07, 6.45) is 0. The number of hydrogen-bond donors (Lipinski definition) is 2. The summed E-state index contributed by atoms with van der Waals surface area (Å²) in [6, 6.07) is 16.8. The van der Waals surface area contributed by atoms with Gasteiger partial charge in [-0.15, -0.1) is 0 Å². The highest BCUT2D eigenvalue weighted by atomic mass is 35.5. The lowest BCUT2D eigenvalue weighted by Gasteiger charge is -2.31. The standard InChI is InChI=1S/C23H21ClN4O2S/c1-13-7-3-6-10-18(13)28-22(30)20-14(2)27-23(31-12-19(26)29)16(11-25)21(20)15-8-4-5-9-17(15)24/h3-10,20-21H,12H2,1-2H3,(H2,26,29)(H,28,30)/t20?,21-/m1/s1. The number of carbonyl (C=O) groups is 2. The Morgan fingerprint density at radius 3 is 2.52 bits per heavy atom. The maximum absolute atomic E-state index is 13.4. The topological polar surface area (TPSA) is 108 Å². The fraction of sp³-hybridized carbons (Fsp3) is 0.217. The van der Waals surface area contributed by atoms with Gasteiger partial charge in [0.2, 0.25) is 11.8 Å². The SMILES string of the molecule is CC1=NC(SCC(N)=O)=C(C#N)[C@@H](c2ccccc2Cl)C1C(=O)Nc1ccccc1C. The molecule has 31 heavy (non-hydrogen) atoms. The third-order valence-corrected chi connectivity index (χ3v) is 6.36. The van der Waals surface area contributed by atoms with Gasteiger partial charge in [-0.1, -0.05) is 59.8 Å².